The fraction of sp³-hybridized carbons (Fsp3) is 0.333. The average Bonchev–Trinajstić information content (AvgIpc) is 3.03. The highest BCUT2D eigenvalue weighted by atomic mass is 32.2. The molecule has 0 saturated carbocycles. The van der Waals surface area contributed by atoms with Crippen LogP contribution in [0.25, 0.3) is 11.2 Å². The lowest BCUT2D eigenvalue weighted by Crippen LogP contribution is -2.00. The molecule has 7 nitrogen and oxygen atoms in total. The molecule has 0 amide bonds. The Morgan fingerprint density at radius 1 is 1.25 bits per heavy atom. The Balaban J connectivity index is 1.60. The van der Waals surface area contributed by atoms with Crippen molar-refractivity contribution in [3.05, 3.63) is 25.0 Å². The van der Waals surface area contributed by atoms with Gasteiger partial charge in [-0.1, -0.05) is 11.8 Å². The molecular weight excluding hydrogens is 274 g/mol. The Hall–Kier alpha value is -2.09. The number of hydrogen-bond acceptors (Lipinski definition) is 6. The van der Waals surface area contributed by atoms with Crippen LogP contribution in [-0.2, 0) is 13.6 Å². The molecule has 0 aromatic carbocycles. The van der Waals surface area contributed by atoms with Gasteiger partial charge in [0.25, 0.3) is 0 Å². The Morgan fingerprint density at radius 3 is 2.95 bits per heavy atom. The summed E-state index contributed by atoms with van der Waals surface area (Å²) in [6.45, 7) is 0.852. The third kappa shape index (κ3) is 2.46. The SMILES string of the molecule is Cn1ccnc1SCCCn1cnc2c(N)ncnc21. The van der Waals surface area contributed by atoms with Crippen LogP contribution in [0.5, 0.6) is 0 Å². The smallest absolute Gasteiger partial charge is 0.167 e. The lowest BCUT2D eigenvalue weighted by atomic mass is 10.4. The van der Waals surface area contributed by atoms with E-state index in [0.29, 0.717) is 11.3 Å². The maximum Gasteiger partial charge on any atom is 0.167 e. The first-order valence-electron chi connectivity index (χ1n) is 6.27. The maximum atomic E-state index is 5.76. The Morgan fingerprint density at radius 2 is 2.15 bits per heavy atom. The van der Waals surface area contributed by atoms with Crippen LogP contribution in [-0.4, -0.2) is 34.8 Å². The summed E-state index contributed by atoms with van der Waals surface area (Å²) in [5, 5.41) is 1.03. The van der Waals surface area contributed by atoms with E-state index in [1.807, 2.05) is 28.6 Å². The fourth-order valence-electron chi connectivity index (χ4n) is 1.95. The number of aryl methyl sites for hydroxylation is 2. The van der Waals surface area contributed by atoms with Gasteiger partial charge in [-0.05, 0) is 6.42 Å². The predicted molar refractivity (Wildman–Crippen MR) is 78.3 cm³/mol. The van der Waals surface area contributed by atoms with E-state index in [9.17, 15) is 0 Å². The van der Waals surface area contributed by atoms with Crippen LogP contribution in [0.1, 0.15) is 6.42 Å². The predicted octanol–water partition coefficient (Wildman–Crippen LogP) is 1.32. The molecule has 0 bridgehead atoms. The fourth-order valence-corrected chi connectivity index (χ4v) is 2.81. The second-order valence-electron chi connectivity index (χ2n) is 4.39. The second-order valence-corrected chi connectivity index (χ2v) is 5.45. The van der Waals surface area contributed by atoms with Gasteiger partial charge >= 0.3 is 0 Å². The topological polar surface area (TPSA) is 87.4 Å². The van der Waals surface area contributed by atoms with Crippen LogP contribution in [0.2, 0.25) is 0 Å². The number of aromatic nitrogens is 6. The molecule has 3 aromatic heterocycles. The summed E-state index contributed by atoms with van der Waals surface area (Å²) in [7, 11) is 2.00. The number of rotatable bonds is 5. The van der Waals surface area contributed by atoms with Crippen LogP contribution in [0.4, 0.5) is 5.82 Å². The minimum absolute atomic E-state index is 0.427. The molecule has 3 heterocycles. The molecule has 0 unspecified atom stereocenters. The number of anilines is 1. The van der Waals surface area contributed by atoms with Crippen molar-refractivity contribution in [3.8, 4) is 0 Å². The Kier molecular flexibility index (Phi) is 3.55. The van der Waals surface area contributed by atoms with Gasteiger partial charge < -0.3 is 14.9 Å². The number of nitrogen functional groups attached to an aromatic ring is 1. The molecule has 0 saturated heterocycles. The normalized spacial score (nSPS) is 11.2. The molecule has 3 aromatic rings. The number of thioether (sulfide) groups is 1. The molecule has 104 valence electrons. The zero-order chi connectivity index (χ0) is 13.9. The van der Waals surface area contributed by atoms with Gasteiger partial charge in [0, 0.05) is 31.7 Å². The van der Waals surface area contributed by atoms with Crippen LogP contribution < -0.4 is 5.73 Å². The van der Waals surface area contributed by atoms with E-state index in [1.165, 1.54) is 6.33 Å². The molecular formula is C12H15N7S. The summed E-state index contributed by atoms with van der Waals surface area (Å²) < 4.78 is 4.03. The van der Waals surface area contributed by atoms with Crippen molar-refractivity contribution in [1.82, 2.24) is 29.1 Å². The molecule has 20 heavy (non-hydrogen) atoms. The van der Waals surface area contributed by atoms with Crippen molar-refractivity contribution in [1.29, 1.82) is 0 Å². The van der Waals surface area contributed by atoms with Crippen molar-refractivity contribution < 1.29 is 0 Å². The molecule has 0 spiro atoms. The number of nitrogens with two attached hydrogens (primary N) is 1. The highest BCUT2D eigenvalue weighted by Gasteiger charge is 2.07. The molecule has 0 aliphatic carbocycles. The molecule has 2 N–H and O–H groups in total. The lowest BCUT2D eigenvalue weighted by Gasteiger charge is -2.04. The molecule has 0 aliphatic heterocycles. The molecule has 0 aliphatic rings. The van der Waals surface area contributed by atoms with Gasteiger partial charge in [0.2, 0.25) is 0 Å². The van der Waals surface area contributed by atoms with Crippen LogP contribution in [0.3, 0.4) is 0 Å². The van der Waals surface area contributed by atoms with E-state index in [0.717, 1.165) is 29.5 Å². The van der Waals surface area contributed by atoms with E-state index < -0.39 is 0 Å². The van der Waals surface area contributed by atoms with Crippen molar-refractivity contribution in [2.75, 3.05) is 11.5 Å². The van der Waals surface area contributed by atoms with Gasteiger partial charge in [-0.3, -0.25) is 0 Å². The number of fused-ring (bicyclic) bond motifs is 1. The first-order chi connectivity index (χ1) is 9.75. The highest BCUT2D eigenvalue weighted by molar-refractivity contribution is 7.99. The van der Waals surface area contributed by atoms with Gasteiger partial charge in [-0.15, -0.1) is 0 Å². The van der Waals surface area contributed by atoms with Crippen molar-refractivity contribution in [2.45, 2.75) is 18.1 Å². The van der Waals surface area contributed by atoms with Gasteiger partial charge in [0.1, 0.15) is 11.8 Å². The van der Waals surface area contributed by atoms with Crippen molar-refractivity contribution >= 4 is 28.7 Å². The van der Waals surface area contributed by atoms with Gasteiger partial charge in [0.05, 0.1) is 6.33 Å². The van der Waals surface area contributed by atoms with Gasteiger partial charge in [-0.2, -0.15) is 0 Å². The molecule has 0 fully saturated rings. The summed E-state index contributed by atoms with van der Waals surface area (Å²) in [6, 6.07) is 0. The molecule has 0 atom stereocenters. The van der Waals surface area contributed by atoms with E-state index >= 15 is 0 Å². The van der Waals surface area contributed by atoms with Crippen molar-refractivity contribution in [2.24, 2.45) is 7.05 Å². The third-order valence-electron chi connectivity index (χ3n) is 2.98. The average molecular weight is 289 g/mol. The van der Waals surface area contributed by atoms with E-state index in [4.69, 9.17) is 5.73 Å². The summed E-state index contributed by atoms with van der Waals surface area (Å²) in [5.74, 6) is 1.42. The summed E-state index contributed by atoms with van der Waals surface area (Å²) in [6.07, 6.45) is 8.00. The monoisotopic (exact) mass is 289 g/mol. The van der Waals surface area contributed by atoms with Crippen LogP contribution in [0.15, 0.2) is 30.2 Å². The van der Waals surface area contributed by atoms with E-state index in [-0.39, 0.29) is 0 Å². The first kappa shape index (κ1) is 12.9. The Labute approximate surface area is 120 Å². The van der Waals surface area contributed by atoms with Gasteiger partial charge in [-0.25, -0.2) is 19.9 Å². The zero-order valence-corrected chi connectivity index (χ0v) is 11.9. The molecule has 3 rings (SSSR count). The molecule has 8 heteroatoms. The highest BCUT2D eigenvalue weighted by Crippen LogP contribution is 2.17. The molecule has 0 radical (unpaired) electrons. The third-order valence-corrected chi connectivity index (χ3v) is 4.13. The lowest BCUT2D eigenvalue weighted by molar-refractivity contribution is 0.694. The number of hydrogen-bond donors (Lipinski definition) is 1. The van der Waals surface area contributed by atoms with Crippen LogP contribution in [0, 0.1) is 0 Å². The van der Waals surface area contributed by atoms with E-state index in [2.05, 4.69) is 19.9 Å². The van der Waals surface area contributed by atoms with E-state index in [1.54, 1.807) is 18.1 Å². The standard InChI is InChI=1S/C12H15N7S/c1-18-5-3-14-12(18)20-6-2-4-19-8-17-9-10(13)15-7-16-11(9)19/h3,5,7-8H,2,4,6H2,1H3,(H2,13,15,16). The largest absolute Gasteiger partial charge is 0.382 e. The first-order valence-corrected chi connectivity index (χ1v) is 7.25. The van der Waals surface area contributed by atoms with Gasteiger partial charge in [0.15, 0.2) is 16.6 Å². The zero-order valence-electron chi connectivity index (χ0n) is 11.1. The Bertz CT molecular complexity index is 717. The van der Waals surface area contributed by atoms with Crippen LogP contribution >= 0.6 is 11.8 Å². The number of imidazole rings is 2. The maximum absolute atomic E-state index is 5.76. The second kappa shape index (κ2) is 5.49. The minimum Gasteiger partial charge on any atom is -0.382 e. The number of nitrogens with zero attached hydrogens (tertiary/aromatic N) is 6. The summed E-state index contributed by atoms with van der Waals surface area (Å²) in [5.41, 5.74) is 7.22. The summed E-state index contributed by atoms with van der Waals surface area (Å²) in [4.78, 5) is 16.7. The quantitative estimate of drug-likeness (QED) is 0.563. The van der Waals surface area contributed by atoms with Crippen molar-refractivity contribution in [3.63, 3.8) is 0 Å². The minimum atomic E-state index is 0.427. The summed E-state index contributed by atoms with van der Waals surface area (Å²) >= 11 is 1.74.